The standard InChI is InChI=1S/C27H37NO3/c1-3-5-6-7-10-13-27(29)31-25-18-19-26(28-22-25)24-16-14-23(15-17-24)12-9-8-11-21-30-20-4-2/h10,13-19,22H,3-9,11-12,20-21H2,1-2H3/b13-10+. The van der Waals surface area contributed by atoms with Crippen LogP contribution >= 0.6 is 0 Å². The minimum absolute atomic E-state index is 0.354. The number of unbranched alkanes of at least 4 members (excludes halogenated alkanes) is 5. The Labute approximate surface area is 187 Å². The van der Waals surface area contributed by atoms with Crippen LogP contribution in [0.5, 0.6) is 5.75 Å². The number of rotatable bonds is 15. The van der Waals surface area contributed by atoms with Gasteiger partial charge in [0.05, 0.1) is 11.9 Å². The smallest absolute Gasteiger partial charge is 0.335 e. The molecule has 0 saturated carbocycles. The number of nitrogens with zero attached hydrogens (tertiary/aromatic N) is 1. The molecule has 1 aromatic heterocycles. The third kappa shape index (κ3) is 10.4. The Morgan fingerprint density at radius 3 is 2.45 bits per heavy atom. The van der Waals surface area contributed by atoms with Crippen LogP contribution in [0.25, 0.3) is 11.3 Å². The van der Waals surface area contributed by atoms with E-state index in [2.05, 4.69) is 43.1 Å². The van der Waals surface area contributed by atoms with Crippen LogP contribution in [0.2, 0.25) is 0 Å². The van der Waals surface area contributed by atoms with E-state index in [0.29, 0.717) is 5.75 Å². The van der Waals surface area contributed by atoms with Gasteiger partial charge >= 0.3 is 5.97 Å². The lowest BCUT2D eigenvalue weighted by atomic mass is 10.0. The molecule has 1 aromatic carbocycles. The zero-order chi connectivity index (χ0) is 22.2. The molecule has 0 radical (unpaired) electrons. The van der Waals surface area contributed by atoms with Crippen molar-refractivity contribution >= 4 is 5.97 Å². The molecule has 0 N–H and O–H groups in total. The first-order valence-corrected chi connectivity index (χ1v) is 11.7. The summed E-state index contributed by atoms with van der Waals surface area (Å²) in [5.74, 6) is 0.110. The fourth-order valence-corrected chi connectivity index (χ4v) is 3.25. The predicted octanol–water partition coefficient (Wildman–Crippen LogP) is 6.93. The average molecular weight is 424 g/mol. The van der Waals surface area contributed by atoms with Gasteiger partial charge in [0.25, 0.3) is 0 Å². The number of aryl methyl sites for hydroxylation is 1. The SMILES string of the molecule is CCCCC/C=C/C(=O)Oc1ccc(-c2ccc(CCCCCOCCC)cc2)nc1. The molecule has 0 unspecified atom stereocenters. The number of pyridine rings is 1. The van der Waals surface area contributed by atoms with Gasteiger partial charge in [-0.3, -0.25) is 4.98 Å². The number of hydrogen-bond donors (Lipinski definition) is 0. The maximum absolute atomic E-state index is 11.9. The summed E-state index contributed by atoms with van der Waals surface area (Å²) in [6.45, 7) is 6.04. The van der Waals surface area contributed by atoms with E-state index in [1.165, 1.54) is 37.3 Å². The summed E-state index contributed by atoms with van der Waals surface area (Å²) >= 11 is 0. The van der Waals surface area contributed by atoms with Gasteiger partial charge in [-0.05, 0) is 56.2 Å². The average Bonchev–Trinajstić information content (AvgIpc) is 2.79. The van der Waals surface area contributed by atoms with Crippen molar-refractivity contribution in [1.29, 1.82) is 0 Å². The number of hydrogen-bond acceptors (Lipinski definition) is 4. The summed E-state index contributed by atoms with van der Waals surface area (Å²) in [7, 11) is 0. The van der Waals surface area contributed by atoms with E-state index in [0.717, 1.165) is 56.6 Å². The lowest BCUT2D eigenvalue weighted by molar-refractivity contribution is -0.129. The molecule has 0 spiro atoms. The molecule has 0 bridgehead atoms. The van der Waals surface area contributed by atoms with Crippen molar-refractivity contribution in [3.63, 3.8) is 0 Å². The molecule has 2 aromatic rings. The van der Waals surface area contributed by atoms with E-state index in [1.807, 2.05) is 12.1 Å². The first kappa shape index (κ1) is 24.8. The van der Waals surface area contributed by atoms with Gasteiger partial charge in [0.1, 0.15) is 5.75 Å². The monoisotopic (exact) mass is 423 g/mol. The van der Waals surface area contributed by atoms with Gasteiger partial charge in [0, 0.05) is 24.9 Å². The molecule has 0 aliphatic carbocycles. The first-order chi connectivity index (χ1) is 15.2. The van der Waals surface area contributed by atoms with Gasteiger partial charge in [-0.1, -0.05) is 63.5 Å². The van der Waals surface area contributed by atoms with Crippen LogP contribution in [-0.2, 0) is 16.0 Å². The fourth-order valence-electron chi connectivity index (χ4n) is 3.25. The summed E-state index contributed by atoms with van der Waals surface area (Å²) in [5, 5.41) is 0. The van der Waals surface area contributed by atoms with E-state index >= 15 is 0 Å². The minimum atomic E-state index is -0.354. The summed E-state index contributed by atoms with van der Waals surface area (Å²) in [4.78, 5) is 16.3. The Morgan fingerprint density at radius 1 is 0.903 bits per heavy atom. The maximum atomic E-state index is 11.9. The lowest BCUT2D eigenvalue weighted by Crippen LogP contribution is -2.04. The second-order valence-corrected chi connectivity index (χ2v) is 7.82. The fraction of sp³-hybridized carbons (Fsp3) is 0.481. The van der Waals surface area contributed by atoms with Crippen LogP contribution in [0.4, 0.5) is 0 Å². The van der Waals surface area contributed by atoms with Crippen molar-refractivity contribution in [2.45, 2.75) is 71.6 Å². The molecule has 4 nitrogen and oxygen atoms in total. The second kappa shape index (κ2) is 15.4. The zero-order valence-electron chi connectivity index (χ0n) is 19.1. The Morgan fingerprint density at radius 2 is 1.74 bits per heavy atom. The lowest BCUT2D eigenvalue weighted by Gasteiger charge is -2.06. The van der Waals surface area contributed by atoms with E-state index in [9.17, 15) is 4.79 Å². The molecule has 0 aliphatic rings. The van der Waals surface area contributed by atoms with Crippen LogP contribution in [0.1, 0.15) is 70.8 Å². The third-order valence-corrected chi connectivity index (χ3v) is 5.04. The highest BCUT2D eigenvalue weighted by atomic mass is 16.5. The molecule has 0 atom stereocenters. The molecule has 168 valence electrons. The quantitative estimate of drug-likeness (QED) is 0.177. The molecule has 0 amide bonds. The minimum Gasteiger partial charge on any atom is -0.422 e. The number of allylic oxidation sites excluding steroid dienone is 1. The number of esters is 1. The Bertz CT molecular complexity index is 766. The third-order valence-electron chi connectivity index (χ3n) is 5.04. The Hall–Kier alpha value is -2.46. The van der Waals surface area contributed by atoms with E-state index in [1.54, 1.807) is 12.3 Å². The van der Waals surface area contributed by atoms with Crippen molar-refractivity contribution in [3.8, 4) is 17.0 Å². The molecule has 0 fully saturated rings. The van der Waals surface area contributed by atoms with E-state index in [4.69, 9.17) is 9.47 Å². The molecular formula is C27H37NO3. The van der Waals surface area contributed by atoms with Gasteiger partial charge in [-0.2, -0.15) is 0 Å². The summed E-state index contributed by atoms with van der Waals surface area (Å²) in [6, 6.07) is 12.2. The van der Waals surface area contributed by atoms with Crippen LogP contribution in [0, 0.1) is 0 Å². The molecule has 4 heteroatoms. The van der Waals surface area contributed by atoms with Crippen LogP contribution in [-0.4, -0.2) is 24.2 Å². The Kier molecular flexibility index (Phi) is 12.3. The molecule has 0 aliphatic heterocycles. The zero-order valence-corrected chi connectivity index (χ0v) is 19.1. The molecule has 31 heavy (non-hydrogen) atoms. The van der Waals surface area contributed by atoms with Crippen molar-refractivity contribution in [2.75, 3.05) is 13.2 Å². The summed E-state index contributed by atoms with van der Waals surface area (Å²) in [5.41, 5.74) is 3.27. The van der Waals surface area contributed by atoms with Crippen molar-refractivity contribution in [3.05, 3.63) is 60.3 Å². The predicted molar refractivity (Wildman–Crippen MR) is 127 cm³/mol. The van der Waals surface area contributed by atoms with Crippen LogP contribution in [0.15, 0.2) is 54.7 Å². The molecular weight excluding hydrogens is 386 g/mol. The maximum Gasteiger partial charge on any atom is 0.335 e. The highest BCUT2D eigenvalue weighted by Gasteiger charge is 2.04. The summed E-state index contributed by atoms with van der Waals surface area (Å²) < 4.78 is 10.8. The number of carbonyl (C=O) groups is 1. The van der Waals surface area contributed by atoms with Crippen molar-refractivity contribution in [2.24, 2.45) is 0 Å². The van der Waals surface area contributed by atoms with Gasteiger partial charge in [0.2, 0.25) is 0 Å². The van der Waals surface area contributed by atoms with Crippen LogP contribution in [0.3, 0.4) is 0 Å². The van der Waals surface area contributed by atoms with Crippen molar-refractivity contribution in [1.82, 2.24) is 4.98 Å². The number of aromatic nitrogens is 1. The highest BCUT2D eigenvalue weighted by molar-refractivity contribution is 5.84. The normalized spacial score (nSPS) is 11.2. The van der Waals surface area contributed by atoms with Crippen LogP contribution < -0.4 is 4.74 Å². The number of carbonyl (C=O) groups excluding carboxylic acids is 1. The van der Waals surface area contributed by atoms with Gasteiger partial charge in [-0.15, -0.1) is 0 Å². The number of benzene rings is 1. The molecule has 0 saturated heterocycles. The van der Waals surface area contributed by atoms with Gasteiger partial charge in [-0.25, -0.2) is 4.79 Å². The van der Waals surface area contributed by atoms with Gasteiger partial charge in [0.15, 0.2) is 0 Å². The molecule has 2 rings (SSSR count). The first-order valence-electron chi connectivity index (χ1n) is 11.7. The second-order valence-electron chi connectivity index (χ2n) is 7.82. The largest absolute Gasteiger partial charge is 0.422 e. The van der Waals surface area contributed by atoms with Gasteiger partial charge < -0.3 is 9.47 Å². The molecule has 1 heterocycles. The highest BCUT2D eigenvalue weighted by Crippen LogP contribution is 2.21. The number of ether oxygens (including phenoxy) is 2. The van der Waals surface area contributed by atoms with E-state index in [-0.39, 0.29) is 5.97 Å². The summed E-state index contributed by atoms with van der Waals surface area (Å²) in [6.07, 6.45) is 15.0. The topological polar surface area (TPSA) is 48.4 Å². The van der Waals surface area contributed by atoms with E-state index < -0.39 is 0 Å². The van der Waals surface area contributed by atoms with Crippen molar-refractivity contribution < 1.29 is 14.3 Å². The Balaban J connectivity index is 1.75.